The van der Waals surface area contributed by atoms with E-state index in [1.165, 1.54) is 14.2 Å². The van der Waals surface area contributed by atoms with Crippen LogP contribution in [0.25, 0.3) is 0 Å². The third-order valence-corrected chi connectivity index (χ3v) is 6.48. The highest BCUT2D eigenvalue weighted by atomic mass is 16.6. The van der Waals surface area contributed by atoms with E-state index in [2.05, 4.69) is 0 Å². The van der Waals surface area contributed by atoms with Gasteiger partial charge in [-0.15, -0.1) is 0 Å². The molecule has 0 spiro atoms. The molecule has 1 saturated heterocycles. The van der Waals surface area contributed by atoms with Gasteiger partial charge in [-0.25, -0.2) is 14.4 Å². The van der Waals surface area contributed by atoms with E-state index in [0.717, 1.165) is 16.7 Å². The van der Waals surface area contributed by atoms with E-state index in [4.69, 9.17) is 14.2 Å². The minimum atomic E-state index is -0.565. The second-order valence-electron chi connectivity index (χ2n) is 7.83. The molecule has 0 aromatic heterocycles. The van der Waals surface area contributed by atoms with E-state index in [-0.39, 0.29) is 18.4 Å². The average Bonchev–Trinajstić information content (AvgIpc) is 3.26. The van der Waals surface area contributed by atoms with Crippen LogP contribution in [0, 0.1) is 11.8 Å². The Morgan fingerprint density at radius 1 is 0.774 bits per heavy atom. The molecule has 0 radical (unpaired) electrons. The first-order chi connectivity index (χ1) is 15.1. The summed E-state index contributed by atoms with van der Waals surface area (Å²) in [5, 5.41) is 0. The Bertz CT molecular complexity index is 1050. The highest BCUT2D eigenvalue weighted by Gasteiger charge is 2.68. The number of ether oxygens (including phenoxy) is 3. The number of nitrogens with zero attached hydrogens (tertiary/aromatic N) is 1. The average molecular weight is 419 g/mol. The maximum atomic E-state index is 13.2. The van der Waals surface area contributed by atoms with Crippen molar-refractivity contribution in [2.45, 2.75) is 18.7 Å². The monoisotopic (exact) mass is 419 g/mol. The summed E-state index contributed by atoms with van der Waals surface area (Å²) >= 11 is 0. The maximum Gasteiger partial charge on any atom is 0.411 e. The highest BCUT2D eigenvalue weighted by molar-refractivity contribution is 6.05. The zero-order chi connectivity index (χ0) is 21.7. The summed E-state index contributed by atoms with van der Waals surface area (Å²) in [6.45, 7) is 0.141. The van der Waals surface area contributed by atoms with Gasteiger partial charge in [-0.1, -0.05) is 54.6 Å². The number of fused-ring (bicyclic) bond motifs is 8. The molecule has 3 aliphatic rings. The van der Waals surface area contributed by atoms with Gasteiger partial charge >= 0.3 is 18.0 Å². The van der Waals surface area contributed by atoms with Crippen LogP contribution < -0.4 is 0 Å². The predicted octanol–water partition coefficient (Wildman–Crippen LogP) is 3.32. The van der Waals surface area contributed by atoms with Gasteiger partial charge in [-0.3, -0.25) is 4.90 Å². The number of benzene rings is 2. The minimum Gasteiger partial charge on any atom is -0.466 e. The van der Waals surface area contributed by atoms with Crippen molar-refractivity contribution in [3.8, 4) is 0 Å². The lowest BCUT2D eigenvalue weighted by molar-refractivity contribution is -0.142. The third kappa shape index (κ3) is 2.69. The minimum absolute atomic E-state index is 0.141. The molecule has 0 N–H and O–H groups in total. The van der Waals surface area contributed by atoms with Crippen molar-refractivity contribution in [1.82, 2.24) is 4.90 Å². The van der Waals surface area contributed by atoms with Gasteiger partial charge in [0.2, 0.25) is 0 Å². The van der Waals surface area contributed by atoms with E-state index in [1.807, 2.05) is 54.6 Å². The van der Waals surface area contributed by atoms with Gasteiger partial charge in [0, 0.05) is 11.8 Å². The third-order valence-electron chi connectivity index (χ3n) is 6.48. The van der Waals surface area contributed by atoms with Gasteiger partial charge in [0.15, 0.2) is 0 Å². The number of carbonyl (C=O) groups excluding carboxylic acids is 3. The van der Waals surface area contributed by atoms with Gasteiger partial charge in [-0.05, 0) is 16.7 Å². The van der Waals surface area contributed by atoms with Crippen molar-refractivity contribution in [3.05, 3.63) is 82.4 Å². The molecule has 2 aliphatic heterocycles. The standard InChI is InChI=1S/C24H21NO6/c1-29-22(26)18-16-17(19(18)23(27)30-2)21-15-11-7-6-10-14(15)20(16)25(21)24(28)31-12-13-8-4-3-5-9-13/h3-11,16-17,20-21H,12H2,1-2H3/t16-,17+,20+,21-. The number of methoxy groups -OCH3 is 2. The topological polar surface area (TPSA) is 82.1 Å². The summed E-state index contributed by atoms with van der Waals surface area (Å²) in [7, 11) is 2.56. The molecule has 7 nitrogen and oxygen atoms in total. The smallest absolute Gasteiger partial charge is 0.411 e. The van der Waals surface area contributed by atoms with Crippen LogP contribution in [0.1, 0.15) is 28.8 Å². The molecule has 1 fully saturated rings. The molecular weight excluding hydrogens is 398 g/mol. The molecule has 5 rings (SSSR count). The van der Waals surface area contributed by atoms with E-state index >= 15 is 0 Å². The van der Waals surface area contributed by atoms with Crippen LogP contribution in [0.15, 0.2) is 65.7 Å². The Balaban J connectivity index is 1.51. The second kappa shape index (κ2) is 7.27. The molecule has 2 aromatic rings. The van der Waals surface area contributed by atoms with Crippen molar-refractivity contribution in [3.63, 3.8) is 0 Å². The molecule has 1 amide bonds. The van der Waals surface area contributed by atoms with Crippen molar-refractivity contribution in [2.24, 2.45) is 11.8 Å². The summed E-state index contributed by atoms with van der Waals surface area (Å²) in [6.07, 6.45) is -0.474. The molecule has 2 heterocycles. The van der Waals surface area contributed by atoms with Crippen LogP contribution in [-0.2, 0) is 30.4 Å². The number of hydrogen-bond donors (Lipinski definition) is 0. The zero-order valence-electron chi connectivity index (χ0n) is 17.1. The van der Waals surface area contributed by atoms with Gasteiger partial charge in [0.05, 0.1) is 37.4 Å². The molecule has 2 aromatic carbocycles. The van der Waals surface area contributed by atoms with Crippen molar-refractivity contribution in [2.75, 3.05) is 14.2 Å². The summed E-state index contributed by atoms with van der Waals surface area (Å²) in [5.41, 5.74) is 3.40. The highest BCUT2D eigenvalue weighted by Crippen LogP contribution is 2.68. The lowest BCUT2D eigenvalue weighted by Gasteiger charge is -2.40. The Labute approximate surface area is 179 Å². The lowest BCUT2D eigenvalue weighted by Crippen LogP contribution is -2.42. The molecule has 4 atom stereocenters. The number of rotatable bonds is 4. The van der Waals surface area contributed by atoms with E-state index in [1.54, 1.807) is 4.90 Å². The van der Waals surface area contributed by atoms with Gasteiger partial charge in [-0.2, -0.15) is 0 Å². The van der Waals surface area contributed by atoms with Crippen molar-refractivity contribution in [1.29, 1.82) is 0 Å². The van der Waals surface area contributed by atoms with Crippen LogP contribution in [0.5, 0.6) is 0 Å². The first-order valence-corrected chi connectivity index (χ1v) is 10.1. The van der Waals surface area contributed by atoms with Crippen molar-refractivity contribution >= 4 is 18.0 Å². The van der Waals surface area contributed by atoms with E-state index in [0.29, 0.717) is 11.1 Å². The molecule has 158 valence electrons. The van der Waals surface area contributed by atoms with E-state index < -0.39 is 30.1 Å². The largest absolute Gasteiger partial charge is 0.466 e. The maximum absolute atomic E-state index is 13.2. The van der Waals surface area contributed by atoms with Gasteiger partial charge in [0.25, 0.3) is 0 Å². The SMILES string of the molecule is COC(=O)C1=C(C(=O)OC)[C@H]2[C@@H]1[C@H]1c3ccccc3[C@@H]2N1C(=O)OCc1ccccc1. The molecule has 31 heavy (non-hydrogen) atoms. The number of hydrogen-bond acceptors (Lipinski definition) is 6. The summed E-state index contributed by atoms with van der Waals surface area (Å²) in [6, 6.07) is 16.4. The normalized spacial score (nSPS) is 24.8. The fraction of sp³-hybridized carbons (Fsp3) is 0.292. The molecular formula is C24H21NO6. The zero-order valence-corrected chi connectivity index (χ0v) is 17.1. The van der Waals surface area contributed by atoms with Crippen molar-refractivity contribution < 1.29 is 28.6 Å². The first kappa shape index (κ1) is 19.4. The molecule has 7 heteroatoms. The Hall–Kier alpha value is -3.61. The quantitative estimate of drug-likeness (QED) is 0.559. The Morgan fingerprint density at radius 2 is 1.26 bits per heavy atom. The molecule has 1 aliphatic carbocycles. The number of carbonyl (C=O) groups is 3. The summed E-state index contributed by atoms with van der Waals surface area (Å²) < 4.78 is 15.5. The fourth-order valence-corrected chi connectivity index (χ4v) is 5.32. The van der Waals surface area contributed by atoms with Crippen LogP contribution in [0.2, 0.25) is 0 Å². The Kier molecular flexibility index (Phi) is 4.54. The number of amides is 1. The molecule has 2 bridgehead atoms. The molecule has 0 unspecified atom stereocenters. The van der Waals surface area contributed by atoms with Crippen LogP contribution >= 0.6 is 0 Å². The van der Waals surface area contributed by atoms with E-state index in [9.17, 15) is 14.4 Å². The Morgan fingerprint density at radius 3 is 1.74 bits per heavy atom. The fourth-order valence-electron chi connectivity index (χ4n) is 5.32. The van der Waals surface area contributed by atoms with Crippen LogP contribution in [-0.4, -0.2) is 37.2 Å². The second-order valence-corrected chi connectivity index (χ2v) is 7.83. The predicted molar refractivity (Wildman–Crippen MR) is 108 cm³/mol. The van der Waals surface area contributed by atoms with Gasteiger partial charge < -0.3 is 14.2 Å². The van der Waals surface area contributed by atoms with Gasteiger partial charge in [0.1, 0.15) is 6.61 Å². The first-order valence-electron chi connectivity index (χ1n) is 10.1. The lowest BCUT2D eigenvalue weighted by atomic mass is 9.60. The summed E-state index contributed by atoms with van der Waals surface area (Å²) in [4.78, 5) is 39.9. The number of esters is 2. The molecule has 0 saturated carbocycles. The summed E-state index contributed by atoms with van der Waals surface area (Å²) in [5.74, 6) is -1.79. The van der Waals surface area contributed by atoms with Crippen LogP contribution in [0.3, 0.4) is 0 Å². The van der Waals surface area contributed by atoms with Crippen LogP contribution in [0.4, 0.5) is 4.79 Å².